The van der Waals surface area contributed by atoms with Crippen LogP contribution in [0.15, 0.2) is 30.3 Å². The third kappa shape index (κ3) is 4.70. The summed E-state index contributed by atoms with van der Waals surface area (Å²) in [5.74, 6) is 1.13. The van der Waals surface area contributed by atoms with Gasteiger partial charge in [-0.05, 0) is 72.7 Å². The Morgan fingerprint density at radius 1 is 1.12 bits per heavy atom. The largest absolute Gasteiger partial charge is 0.494 e. The van der Waals surface area contributed by atoms with E-state index in [4.69, 9.17) is 4.74 Å². The Balaban J connectivity index is 2.19. The molecule has 0 bridgehead atoms. The summed E-state index contributed by atoms with van der Waals surface area (Å²) in [5.41, 5.74) is 6.72. The number of benzene rings is 2. The molecule has 0 aliphatic carbocycles. The molecule has 0 amide bonds. The molecular weight excluding hydrogens is 312 g/mol. The zero-order valence-electron chi connectivity index (χ0n) is 15.7. The average Bonchev–Trinajstić information content (AvgIpc) is 2.59. The molecule has 3 heteroatoms. The maximum absolute atomic E-state index is 11.3. The summed E-state index contributed by atoms with van der Waals surface area (Å²) in [6.07, 6.45) is 1.93. The normalized spacial score (nSPS) is 10.8. The van der Waals surface area contributed by atoms with E-state index in [0.717, 1.165) is 40.0 Å². The topological polar surface area (TPSA) is 46.5 Å². The fourth-order valence-corrected chi connectivity index (χ4v) is 3.19. The van der Waals surface area contributed by atoms with E-state index >= 15 is 0 Å². The standard InChI is InChI=1S/C22H28O3/c1-5-19(24)9-7-11-25-20-12-15(2)22(16(3)13-20)21-10-6-8-18(14-23)17(21)4/h6,8,10,12-13,23H,5,7,9,11,14H2,1-4H3. The Morgan fingerprint density at radius 2 is 1.80 bits per heavy atom. The van der Waals surface area contributed by atoms with E-state index in [1.807, 2.05) is 19.1 Å². The lowest BCUT2D eigenvalue weighted by Gasteiger charge is -2.17. The molecule has 2 aromatic carbocycles. The lowest BCUT2D eigenvalue weighted by Crippen LogP contribution is -2.03. The lowest BCUT2D eigenvalue weighted by molar-refractivity contribution is -0.118. The molecule has 0 aromatic heterocycles. The van der Waals surface area contributed by atoms with Gasteiger partial charge in [-0.2, -0.15) is 0 Å². The fraction of sp³-hybridized carbons (Fsp3) is 0.409. The number of aryl methyl sites for hydroxylation is 2. The Hall–Kier alpha value is -2.13. The van der Waals surface area contributed by atoms with Crippen LogP contribution in [0, 0.1) is 20.8 Å². The van der Waals surface area contributed by atoms with Crippen LogP contribution in [0.3, 0.4) is 0 Å². The third-order valence-corrected chi connectivity index (χ3v) is 4.65. The zero-order chi connectivity index (χ0) is 18.4. The smallest absolute Gasteiger partial charge is 0.132 e. The van der Waals surface area contributed by atoms with E-state index in [0.29, 0.717) is 19.4 Å². The summed E-state index contributed by atoms with van der Waals surface area (Å²) in [5, 5.41) is 9.51. The maximum Gasteiger partial charge on any atom is 0.132 e. The van der Waals surface area contributed by atoms with Crippen molar-refractivity contribution in [3.8, 4) is 16.9 Å². The summed E-state index contributed by atoms with van der Waals surface area (Å²) in [6, 6.07) is 10.1. The van der Waals surface area contributed by atoms with Crippen LogP contribution in [0.5, 0.6) is 5.75 Å². The summed E-state index contributed by atoms with van der Waals surface area (Å²) >= 11 is 0. The van der Waals surface area contributed by atoms with Crippen molar-refractivity contribution in [3.05, 3.63) is 52.6 Å². The van der Waals surface area contributed by atoms with Crippen molar-refractivity contribution >= 4 is 5.78 Å². The summed E-state index contributed by atoms with van der Waals surface area (Å²) < 4.78 is 5.84. The maximum atomic E-state index is 11.3. The predicted octanol–water partition coefficient (Wildman–Crippen LogP) is 4.91. The van der Waals surface area contributed by atoms with Crippen molar-refractivity contribution in [1.82, 2.24) is 0 Å². The van der Waals surface area contributed by atoms with Gasteiger partial charge in [-0.1, -0.05) is 25.1 Å². The molecule has 25 heavy (non-hydrogen) atoms. The molecule has 3 nitrogen and oxygen atoms in total. The van der Waals surface area contributed by atoms with Crippen LogP contribution in [-0.2, 0) is 11.4 Å². The van der Waals surface area contributed by atoms with Gasteiger partial charge in [0.15, 0.2) is 0 Å². The number of carbonyl (C=O) groups excluding carboxylic acids is 1. The van der Waals surface area contributed by atoms with E-state index in [2.05, 4.69) is 39.0 Å². The molecule has 0 radical (unpaired) electrons. The van der Waals surface area contributed by atoms with Gasteiger partial charge in [0.2, 0.25) is 0 Å². The zero-order valence-corrected chi connectivity index (χ0v) is 15.7. The van der Waals surface area contributed by atoms with Crippen LogP contribution in [0.4, 0.5) is 0 Å². The number of ketones is 1. The number of aliphatic hydroxyl groups is 1. The first kappa shape index (κ1) is 19.2. The van der Waals surface area contributed by atoms with Gasteiger partial charge < -0.3 is 9.84 Å². The Morgan fingerprint density at radius 3 is 2.40 bits per heavy atom. The highest BCUT2D eigenvalue weighted by Crippen LogP contribution is 2.34. The SMILES string of the molecule is CCC(=O)CCCOc1cc(C)c(-c2cccc(CO)c2C)c(C)c1. The van der Waals surface area contributed by atoms with Gasteiger partial charge in [-0.25, -0.2) is 0 Å². The van der Waals surface area contributed by atoms with E-state index in [-0.39, 0.29) is 12.4 Å². The number of carbonyl (C=O) groups is 1. The monoisotopic (exact) mass is 340 g/mol. The molecule has 0 saturated carbocycles. The van der Waals surface area contributed by atoms with Crippen LogP contribution < -0.4 is 4.74 Å². The number of ether oxygens (including phenoxy) is 1. The van der Waals surface area contributed by atoms with Crippen molar-refractivity contribution in [2.24, 2.45) is 0 Å². The molecule has 2 aromatic rings. The molecule has 0 aliphatic rings. The molecular formula is C22H28O3. The molecule has 134 valence electrons. The minimum Gasteiger partial charge on any atom is -0.494 e. The number of hydrogen-bond acceptors (Lipinski definition) is 3. The Kier molecular flexibility index (Phi) is 6.77. The third-order valence-electron chi connectivity index (χ3n) is 4.65. The van der Waals surface area contributed by atoms with Crippen LogP contribution in [-0.4, -0.2) is 17.5 Å². The molecule has 0 unspecified atom stereocenters. The first-order valence-electron chi connectivity index (χ1n) is 8.93. The first-order valence-corrected chi connectivity index (χ1v) is 8.93. The van der Waals surface area contributed by atoms with Gasteiger partial charge in [-0.3, -0.25) is 4.79 Å². The van der Waals surface area contributed by atoms with Crippen molar-refractivity contribution in [2.45, 2.75) is 53.6 Å². The highest BCUT2D eigenvalue weighted by molar-refractivity contribution is 5.78. The molecule has 0 spiro atoms. The second-order valence-electron chi connectivity index (χ2n) is 6.52. The summed E-state index contributed by atoms with van der Waals surface area (Å²) in [4.78, 5) is 11.3. The molecule has 1 N–H and O–H groups in total. The van der Waals surface area contributed by atoms with Gasteiger partial charge in [0, 0.05) is 12.8 Å². The second kappa shape index (κ2) is 8.82. The highest BCUT2D eigenvalue weighted by Gasteiger charge is 2.12. The van der Waals surface area contributed by atoms with E-state index in [1.165, 1.54) is 5.56 Å². The van der Waals surface area contributed by atoms with Gasteiger partial charge in [0.25, 0.3) is 0 Å². The molecule has 0 heterocycles. The van der Waals surface area contributed by atoms with E-state index in [1.54, 1.807) is 0 Å². The number of Topliss-reactive ketones (excluding diaryl/α,β-unsaturated/α-hetero) is 1. The second-order valence-corrected chi connectivity index (χ2v) is 6.52. The average molecular weight is 340 g/mol. The molecule has 0 fully saturated rings. The summed E-state index contributed by atoms with van der Waals surface area (Å²) in [7, 11) is 0. The number of hydrogen-bond donors (Lipinski definition) is 1. The van der Waals surface area contributed by atoms with E-state index < -0.39 is 0 Å². The van der Waals surface area contributed by atoms with Crippen LogP contribution in [0.25, 0.3) is 11.1 Å². The van der Waals surface area contributed by atoms with Crippen LogP contribution >= 0.6 is 0 Å². The van der Waals surface area contributed by atoms with Crippen molar-refractivity contribution in [3.63, 3.8) is 0 Å². The number of rotatable bonds is 8. The van der Waals surface area contributed by atoms with Gasteiger partial charge in [-0.15, -0.1) is 0 Å². The molecule has 0 aliphatic heterocycles. The quantitative estimate of drug-likeness (QED) is 0.695. The minimum absolute atomic E-state index is 0.0510. The first-order chi connectivity index (χ1) is 12.0. The van der Waals surface area contributed by atoms with Gasteiger partial charge in [0.05, 0.1) is 13.2 Å². The van der Waals surface area contributed by atoms with Crippen molar-refractivity contribution in [1.29, 1.82) is 0 Å². The van der Waals surface area contributed by atoms with E-state index in [9.17, 15) is 9.90 Å². The molecule has 0 saturated heterocycles. The number of aliphatic hydroxyl groups excluding tert-OH is 1. The minimum atomic E-state index is 0.0510. The Labute approximate surface area is 150 Å². The van der Waals surface area contributed by atoms with Crippen molar-refractivity contribution < 1.29 is 14.6 Å². The highest BCUT2D eigenvalue weighted by atomic mass is 16.5. The fourth-order valence-electron chi connectivity index (χ4n) is 3.19. The summed E-state index contributed by atoms with van der Waals surface area (Å²) in [6.45, 7) is 8.72. The lowest BCUT2D eigenvalue weighted by atomic mass is 9.90. The molecule has 0 atom stereocenters. The predicted molar refractivity (Wildman–Crippen MR) is 102 cm³/mol. The van der Waals surface area contributed by atoms with Crippen LogP contribution in [0.2, 0.25) is 0 Å². The Bertz CT molecular complexity index is 724. The van der Waals surface area contributed by atoms with Gasteiger partial charge in [0.1, 0.15) is 11.5 Å². The van der Waals surface area contributed by atoms with Gasteiger partial charge >= 0.3 is 0 Å². The van der Waals surface area contributed by atoms with Crippen LogP contribution in [0.1, 0.15) is 48.4 Å². The van der Waals surface area contributed by atoms with Crippen molar-refractivity contribution in [2.75, 3.05) is 6.61 Å². The molecule has 2 rings (SSSR count).